The Balaban J connectivity index is 1.64. The topological polar surface area (TPSA) is 104 Å². The lowest BCUT2D eigenvalue weighted by atomic mass is 9.66. The van der Waals surface area contributed by atoms with Crippen LogP contribution in [0.4, 0.5) is 22.7 Å². The molecular weight excluding hydrogens is 573 g/mol. The van der Waals surface area contributed by atoms with Crippen LogP contribution in [0.2, 0.25) is 0 Å². The van der Waals surface area contributed by atoms with Crippen molar-refractivity contribution in [1.82, 2.24) is 0 Å². The van der Waals surface area contributed by atoms with Gasteiger partial charge >= 0.3 is 0 Å². The number of rotatable bonds is 9. The van der Waals surface area contributed by atoms with Gasteiger partial charge < -0.3 is 22.9 Å². The summed E-state index contributed by atoms with van der Waals surface area (Å²) in [6.45, 7) is 2.04. The van der Waals surface area contributed by atoms with Crippen LogP contribution < -0.4 is 22.9 Å². The summed E-state index contributed by atoms with van der Waals surface area (Å²) in [6.07, 6.45) is 9.35. The van der Waals surface area contributed by atoms with E-state index in [2.05, 4.69) is 103 Å². The molecule has 0 radical (unpaired) electrons. The highest BCUT2D eigenvalue weighted by atomic mass is 14.6. The first-order valence-corrected chi connectivity index (χ1v) is 15.9. The summed E-state index contributed by atoms with van der Waals surface area (Å²) in [5.74, 6) is 0. The average Bonchev–Trinajstić information content (AvgIpc) is 3.09. The fourth-order valence-electron chi connectivity index (χ4n) is 6.53. The van der Waals surface area contributed by atoms with Crippen molar-refractivity contribution in [2.45, 2.75) is 18.8 Å². The normalized spacial score (nSPS) is 11.8. The van der Waals surface area contributed by atoms with Crippen molar-refractivity contribution in [2.24, 2.45) is 0 Å². The average molecular weight is 613 g/mol. The molecule has 8 N–H and O–H groups in total. The minimum Gasteiger partial charge on any atom is -0.398 e. The number of anilines is 4. The maximum absolute atomic E-state index is 6.66. The number of hydrogen-bond donors (Lipinski definition) is 4. The molecule has 47 heavy (non-hydrogen) atoms. The van der Waals surface area contributed by atoms with E-state index in [-0.39, 0.29) is 0 Å². The largest absolute Gasteiger partial charge is 0.398 e. The molecule has 0 aromatic heterocycles. The molecule has 0 bridgehead atoms. The number of benzene rings is 6. The van der Waals surface area contributed by atoms with E-state index >= 15 is 0 Å². The Bertz CT molecular complexity index is 1980. The van der Waals surface area contributed by atoms with Crippen LogP contribution in [-0.2, 0) is 5.41 Å². The highest BCUT2D eigenvalue weighted by molar-refractivity contribution is 5.87. The second kappa shape index (κ2) is 13.6. The molecule has 0 aliphatic rings. The van der Waals surface area contributed by atoms with Gasteiger partial charge in [-0.1, -0.05) is 127 Å². The van der Waals surface area contributed by atoms with Crippen LogP contribution in [0.25, 0.3) is 34.4 Å². The number of nitrogens with two attached hydrogens (primary N) is 4. The van der Waals surface area contributed by atoms with Gasteiger partial charge in [-0.15, -0.1) is 0 Å². The minimum absolute atomic E-state index is 0.634. The lowest BCUT2D eigenvalue weighted by Crippen LogP contribution is -2.29. The maximum atomic E-state index is 6.66. The number of hydrogen-bond acceptors (Lipinski definition) is 4. The van der Waals surface area contributed by atoms with Gasteiger partial charge in [0.2, 0.25) is 0 Å². The highest BCUT2D eigenvalue weighted by Crippen LogP contribution is 2.47. The molecule has 0 unspecified atom stereocenters. The van der Waals surface area contributed by atoms with Crippen molar-refractivity contribution in [3.8, 4) is 22.3 Å². The summed E-state index contributed by atoms with van der Waals surface area (Å²) >= 11 is 0. The van der Waals surface area contributed by atoms with Gasteiger partial charge in [-0.3, -0.25) is 0 Å². The molecule has 0 fully saturated rings. The molecule has 0 aliphatic carbocycles. The lowest BCUT2D eigenvalue weighted by molar-refractivity contribution is 0.629. The Kier molecular flexibility index (Phi) is 8.94. The summed E-state index contributed by atoms with van der Waals surface area (Å²) in [5, 5.41) is 0. The summed E-state index contributed by atoms with van der Waals surface area (Å²) in [7, 11) is 0. The third-order valence-corrected chi connectivity index (χ3v) is 8.92. The quantitative estimate of drug-likeness (QED) is 0.0963. The molecule has 6 rings (SSSR count). The molecule has 4 heteroatoms. The van der Waals surface area contributed by atoms with Crippen LogP contribution in [0.3, 0.4) is 0 Å². The number of nitrogen functional groups attached to an aromatic ring is 4. The van der Waals surface area contributed by atoms with Crippen LogP contribution >= 0.6 is 0 Å². The monoisotopic (exact) mass is 612 g/mol. The number of allylic oxidation sites excluding steroid dienone is 2. The fraction of sp³-hybridized carbons (Fsp3) is 0.0698. The number of para-hydroxylation sites is 2. The van der Waals surface area contributed by atoms with Gasteiger partial charge in [-0.2, -0.15) is 0 Å². The second-order valence-corrected chi connectivity index (χ2v) is 11.8. The molecule has 0 spiro atoms. The Morgan fingerprint density at radius 2 is 0.894 bits per heavy atom. The van der Waals surface area contributed by atoms with Crippen molar-refractivity contribution in [1.29, 1.82) is 0 Å². The molecule has 0 saturated heterocycles. The minimum atomic E-state index is -0.634. The van der Waals surface area contributed by atoms with E-state index in [1.165, 1.54) is 5.56 Å². The third-order valence-electron chi connectivity index (χ3n) is 8.92. The first kappa shape index (κ1) is 31.0. The molecule has 0 aliphatic heterocycles. The molecule has 0 heterocycles. The van der Waals surface area contributed by atoms with Crippen molar-refractivity contribution >= 4 is 34.9 Å². The SMILES string of the molecule is C/C=C\c1ccccc1/C=C\CC(c1ccccc1)(c1ccc(N)c(-c2ccccc2N)c1)c1ccc(N)c(-c2ccccc2N)c1. The predicted molar refractivity (Wildman–Crippen MR) is 203 cm³/mol. The van der Waals surface area contributed by atoms with Crippen molar-refractivity contribution < 1.29 is 0 Å². The van der Waals surface area contributed by atoms with Crippen LogP contribution in [0.1, 0.15) is 41.2 Å². The zero-order chi connectivity index (χ0) is 32.8. The smallest absolute Gasteiger partial charge is 0.0486 e. The van der Waals surface area contributed by atoms with E-state index in [4.69, 9.17) is 22.9 Å². The Morgan fingerprint density at radius 3 is 1.40 bits per heavy atom. The summed E-state index contributed by atoms with van der Waals surface area (Å²) < 4.78 is 0. The van der Waals surface area contributed by atoms with Crippen molar-refractivity contribution in [3.63, 3.8) is 0 Å². The van der Waals surface area contributed by atoms with Crippen molar-refractivity contribution in [3.05, 3.63) is 179 Å². The van der Waals surface area contributed by atoms with Gasteiger partial charge in [0.1, 0.15) is 0 Å². The lowest BCUT2D eigenvalue weighted by Gasteiger charge is -2.36. The van der Waals surface area contributed by atoms with Gasteiger partial charge in [0.25, 0.3) is 0 Å². The Hall–Kier alpha value is -6.00. The maximum Gasteiger partial charge on any atom is 0.0486 e. The van der Waals surface area contributed by atoms with E-state index < -0.39 is 5.41 Å². The van der Waals surface area contributed by atoms with Gasteiger partial charge in [-0.25, -0.2) is 0 Å². The van der Waals surface area contributed by atoms with Crippen LogP contribution in [0, 0.1) is 0 Å². The molecule has 232 valence electrons. The van der Waals surface area contributed by atoms with Gasteiger partial charge in [0, 0.05) is 50.4 Å². The van der Waals surface area contributed by atoms with E-state index in [0.717, 1.165) is 44.5 Å². The standard InChI is InChI=1S/C43H40N4/c1-2-13-30-14-6-7-15-31(30)16-12-27-43(32-17-4-3-5-18-32,33-23-25-41(46)37(28-33)35-19-8-10-21-39(35)44)34-24-26-42(47)38(29-34)36-20-9-11-22-40(36)45/h2-26,28-29H,27,44-47H2,1H3/b13-2-,16-12-. The first-order chi connectivity index (χ1) is 22.9. The molecule has 0 atom stereocenters. The summed E-state index contributed by atoms with van der Waals surface area (Å²) in [5.41, 5.74) is 37.6. The molecule has 0 amide bonds. The fourth-order valence-corrected chi connectivity index (χ4v) is 6.53. The van der Waals surface area contributed by atoms with E-state index in [0.29, 0.717) is 29.2 Å². The second-order valence-electron chi connectivity index (χ2n) is 11.8. The molecule has 6 aromatic carbocycles. The van der Waals surface area contributed by atoms with E-state index in [1.807, 2.05) is 67.6 Å². The van der Waals surface area contributed by atoms with Crippen LogP contribution in [-0.4, -0.2) is 0 Å². The Labute approximate surface area is 277 Å². The first-order valence-electron chi connectivity index (χ1n) is 15.9. The Morgan fingerprint density at radius 1 is 0.447 bits per heavy atom. The summed E-state index contributed by atoms with van der Waals surface area (Å²) in [4.78, 5) is 0. The summed E-state index contributed by atoms with van der Waals surface area (Å²) in [6, 6.07) is 47.4. The van der Waals surface area contributed by atoms with Crippen molar-refractivity contribution in [2.75, 3.05) is 22.9 Å². The van der Waals surface area contributed by atoms with Gasteiger partial charge in [0.15, 0.2) is 0 Å². The van der Waals surface area contributed by atoms with Crippen LogP contribution in [0.5, 0.6) is 0 Å². The molecule has 0 saturated carbocycles. The molecular formula is C43H40N4. The zero-order valence-electron chi connectivity index (χ0n) is 26.6. The zero-order valence-corrected chi connectivity index (χ0v) is 26.6. The predicted octanol–water partition coefficient (Wildman–Crippen LogP) is 9.82. The van der Waals surface area contributed by atoms with E-state index in [9.17, 15) is 0 Å². The third kappa shape index (κ3) is 6.14. The van der Waals surface area contributed by atoms with Crippen LogP contribution in [0.15, 0.2) is 152 Å². The van der Waals surface area contributed by atoms with E-state index in [1.54, 1.807) is 0 Å². The van der Waals surface area contributed by atoms with Gasteiger partial charge in [0.05, 0.1) is 0 Å². The molecule has 6 aromatic rings. The van der Waals surface area contributed by atoms with Gasteiger partial charge in [-0.05, 0) is 77.6 Å². The molecule has 4 nitrogen and oxygen atoms in total. The highest BCUT2D eigenvalue weighted by Gasteiger charge is 2.36.